The standard InChI is InChI=1S/C34H36N2O/c1-8-21(2)23-18-29-25(19-33(23)37-32-16-12-9-13-22(32)3)24-17-27-31(20-30(24)36(29)7)35(6)28-15-11-10-14-26(28)34(27,4)5/h9-21H,8H2,1-7H3. The third-order valence-corrected chi connectivity index (χ3v) is 8.69. The molecule has 6 rings (SSSR count). The number of ether oxygens (including phenoxy) is 1. The molecule has 0 bridgehead atoms. The average Bonchev–Trinajstić information content (AvgIpc) is 3.17. The van der Waals surface area contributed by atoms with Crippen molar-refractivity contribution in [3.63, 3.8) is 0 Å². The fourth-order valence-electron chi connectivity index (χ4n) is 6.11. The zero-order chi connectivity index (χ0) is 26.1. The van der Waals surface area contributed by atoms with E-state index in [1.54, 1.807) is 0 Å². The van der Waals surface area contributed by atoms with Crippen LogP contribution in [0.15, 0.2) is 72.8 Å². The monoisotopic (exact) mass is 488 g/mol. The van der Waals surface area contributed by atoms with Gasteiger partial charge in [-0.05, 0) is 77.9 Å². The van der Waals surface area contributed by atoms with Crippen molar-refractivity contribution in [1.29, 1.82) is 0 Å². The van der Waals surface area contributed by atoms with Gasteiger partial charge in [0.15, 0.2) is 0 Å². The number of anilines is 2. The van der Waals surface area contributed by atoms with E-state index in [2.05, 4.69) is 125 Å². The van der Waals surface area contributed by atoms with Crippen LogP contribution >= 0.6 is 0 Å². The first-order valence-electron chi connectivity index (χ1n) is 13.4. The Kier molecular flexibility index (Phi) is 5.38. The molecular weight excluding hydrogens is 452 g/mol. The molecule has 37 heavy (non-hydrogen) atoms. The Morgan fingerprint density at radius 2 is 1.46 bits per heavy atom. The minimum atomic E-state index is -0.0913. The highest BCUT2D eigenvalue weighted by Crippen LogP contribution is 2.50. The maximum atomic E-state index is 6.63. The normalized spacial score (nSPS) is 15.1. The number of rotatable bonds is 4. The predicted octanol–water partition coefficient (Wildman–Crippen LogP) is 9.35. The lowest BCUT2D eigenvalue weighted by Crippen LogP contribution is -2.30. The lowest BCUT2D eigenvalue weighted by Gasteiger charge is -2.40. The zero-order valence-electron chi connectivity index (χ0n) is 23.0. The van der Waals surface area contributed by atoms with E-state index >= 15 is 0 Å². The van der Waals surface area contributed by atoms with Crippen LogP contribution in [-0.4, -0.2) is 11.6 Å². The fourth-order valence-corrected chi connectivity index (χ4v) is 6.11. The number of nitrogens with zero attached hydrogens (tertiary/aromatic N) is 2. The molecule has 0 N–H and O–H groups in total. The summed E-state index contributed by atoms with van der Waals surface area (Å²) < 4.78 is 8.99. The van der Waals surface area contributed by atoms with Crippen molar-refractivity contribution in [2.45, 2.75) is 52.4 Å². The predicted molar refractivity (Wildman–Crippen MR) is 157 cm³/mol. The van der Waals surface area contributed by atoms with Crippen LogP contribution < -0.4 is 9.64 Å². The van der Waals surface area contributed by atoms with E-state index in [0.29, 0.717) is 5.92 Å². The Morgan fingerprint density at radius 3 is 2.22 bits per heavy atom. The minimum absolute atomic E-state index is 0.0913. The Balaban J connectivity index is 1.62. The van der Waals surface area contributed by atoms with Crippen molar-refractivity contribution in [2.75, 3.05) is 11.9 Å². The van der Waals surface area contributed by atoms with Gasteiger partial charge in [0.2, 0.25) is 0 Å². The molecule has 188 valence electrons. The quantitative estimate of drug-likeness (QED) is 0.251. The van der Waals surface area contributed by atoms with Gasteiger partial charge in [-0.1, -0.05) is 64.1 Å². The van der Waals surface area contributed by atoms with E-state index in [1.807, 2.05) is 6.07 Å². The third-order valence-electron chi connectivity index (χ3n) is 8.69. The summed E-state index contributed by atoms with van der Waals surface area (Å²) in [5, 5.41) is 2.52. The second-order valence-corrected chi connectivity index (χ2v) is 11.2. The van der Waals surface area contributed by atoms with Gasteiger partial charge < -0.3 is 14.2 Å². The molecule has 0 aliphatic carbocycles. The molecule has 0 amide bonds. The first-order valence-corrected chi connectivity index (χ1v) is 13.4. The van der Waals surface area contributed by atoms with Crippen molar-refractivity contribution in [2.24, 2.45) is 7.05 Å². The number of para-hydroxylation sites is 2. The van der Waals surface area contributed by atoms with Gasteiger partial charge in [-0.25, -0.2) is 0 Å². The summed E-state index contributed by atoms with van der Waals surface area (Å²) >= 11 is 0. The van der Waals surface area contributed by atoms with Crippen LogP contribution in [0.1, 0.15) is 62.3 Å². The van der Waals surface area contributed by atoms with Crippen molar-refractivity contribution >= 4 is 33.2 Å². The molecule has 0 saturated heterocycles. The van der Waals surface area contributed by atoms with Crippen LogP contribution in [0.5, 0.6) is 11.5 Å². The Hall–Kier alpha value is -3.72. The summed E-state index contributed by atoms with van der Waals surface area (Å²) in [5.74, 6) is 2.28. The van der Waals surface area contributed by atoms with E-state index in [4.69, 9.17) is 4.74 Å². The number of benzene rings is 4. The van der Waals surface area contributed by atoms with Gasteiger partial charge in [0.05, 0.1) is 5.52 Å². The van der Waals surface area contributed by atoms with E-state index < -0.39 is 0 Å². The molecule has 4 aromatic carbocycles. The third kappa shape index (κ3) is 3.48. The molecule has 1 aliphatic rings. The molecule has 0 saturated carbocycles. The van der Waals surface area contributed by atoms with Crippen molar-refractivity contribution in [1.82, 2.24) is 4.57 Å². The second kappa shape index (κ2) is 8.41. The maximum Gasteiger partial charge on any atom is 0.131 e. The van der Waals surface area contributed by atoms with Crippen LogP contribution in [0.3, 0.4) is 0 Å². The van der Waals surface area contributed by atoms with Crippen molar-refractivity contribution in [3.05, 3.63) is 95.1 Å². The highest BCUT2D eigenvalue weighted by atomic mass is 16.5. The zero-order valence-corrected chi connectivity index (χ0v) is 23.0. The summed E-state index contributed by atoms with van der Waals surface area (Å²) in [4.78, 5) is 2.35. The Morgan fingerprint density at radius 1 is 0.784 bits per heavy atom. The van der Waals surface area contributed by atoms with Gasteiger partial charge in [0.25, 0.3) is 0 Å². The van der Waals surface area contributed by atoms with Crippen molar-refractivity contribution < 1.29 is 4.74 Å². The smallest absolute Gasteiger partial charge is 0.131 e. The summed E-state index contributed by atoms with van der Waals surface area (Å²) in [6.07, 6.45) is 1.06. The van der Waals surface area contributed by atoms with E-state index in [9.17, 15) is 0 Å². The molecule has 3 heteroatoms. The molecule has 0 radical (unpaired) electrons. The SMILES string of the molecule is CCC(C)c1cc2c(cc1Oc1ccccc1C)c1cc3c(cc1n2C)N(C)c1ccccc1C3(C)C. The van der Waals surface area contributed by atoms with E-state index in [-0.39, 0.29) is 5.41 Å². The first-order chi connectivity index (χ1) is 17.7. The van der Waals surface area contributed by atoms with Gasteiger partial charge in [-0.15, -0.1) is 0 Å². The van der Waals surface area contributed by atoms with E-state index in [0.717, 1.165) is 23.5 Å². The second-order valence-electron chi connectivity index (χ2n) is 11.2. The summed E-state index contributed by atoms with van der Waals surface area (Å²) in [7, 11) is 4.39. The van der Waals surface area contributed by atoms with Gasteiger partial charge in [-0.2, -0.15) is 0 Å². The molecule has 1 aromatic heterocycles. The molecular formula is C34H36N2O. The largest absolute Gasteiger partial charge is 0.457 e. The summed E-state index contributed by atoms with van der Waals surface area (Å²) in [6.45, 7) is 11.3. The van der Waals surface area contributed by atoms with Gasteiger partial charge in [-0.3, -0.25) is 0 Å². The summed E-state index contributed by atoms with van der Waals surface area (Å²) in [5.41, 5.74) is 10.1. The molecule has 5 aromatic rings. The number of aromatic nitrogens is 1. The lowest BCUT2D eigenvalue weighted by atomic mass is 9.73. The van der Waals surface area contributed by atoms with Gasteiger partial charge >= 0.3 is 0 Å². The lowest BCUT2D eigenvalue weighted by molar-refractivity contribution is 0.467. The Labute approximate surface area is 220 Å². The van der Waals surface area contributed by atoms with Gasteiger partial charge in [0, 0.05) is 47.2 Å². The van der Waals surface area contributed by atoms with Crippen LogP contribution in [0, 0.1) is 6.92 Å². The van der Waals surface area contributed by atoms with Crippen molar-refractivity contribution in [3.8, 4) is 11.5 Å². The van der Waals surface area contributed by atoms with Gasteiger partial charge in [0.1, 0.15) is 11.5 Å². The highest BCUT2D eigenvalue weighted by Gasteiger charge is 2.35. The number of fused-ring (bicyclic) bond motifs is 5. The van der Waals surface area contributed by atoms with Crippen LogP contribution in [-0.2, 0) is 12.5 Å². The molecule has 2 heterocycles. The topological polar surface area (TPSA) is 17.4 Å². The van der Waals surface area contributed by atoms with Crippen LogP contribution in [0.2, 0.25) is 0 Å². The summed E-state index contributed by atoms with van der Waals surface area (Å²) in [6, 6.07) is 26.5. The average molecular weight is 489 g/mol. The number of hydrogen-bond acceptors (Lipinski definition) is 2. The number of hydrogen-bond donors (Lipinski definition) is 0. The molecule has 0 spiro atoms. The minimum Gasteiger partial charge on any atom is -0.457 e. The molecule has 3 nitrogen and oxygen atoms in total. The molecule has 0 fully saturated rings. The highest BCUT2D eigenvalue weighted by molar-refractivity contribution is 6.10. The molecule has 1 aliphatic heterocycles. The van der Waals surface area contributed by atoms with Crippen LogP contribution in [0.25, 0.3) is 21.8 Å². The van der Waals surface area contributed by atoms with Crippen LogP contribution in [0.4, 0.5) is 11.4 Å². The molecule has 1 unspecified atom stereocenters. The first kappa shape index (κ1) is 23.7. The number of aryl methyl sites for hydroxylation is 2. The van der Waals surface area contributed by atoms with E-state index in [1.165, 1.54) is 49.9 Å². The Bertz CT molecular complexity index is 1670. The molecule has 1 atom stereocenters. The fraction of sp³-hybridized carbons (Fsp3) is 0.294. The maximum absolute atomic E-state index is 6.63.